The smallest absolute Gasteiger partial charge is 0.0985 e. The van der Waals surface area contributed by atoms with Crippen LogP contribution in [0.4, 0.5) is 0 Å². The highest BCUT2D eigenvalue weighted by Gasteiger charge is 1.96. The van der Waals surface area contributed by atoms with E-state index in [4.69, 9.17) is 0 Å². The topological polar surface area (TPSA) is 0 Å². The molecule has 0 saturated heterocycles. The van der Waals surface area contributed by atoms with Crippen molar-refractivity contribution in [3.63, 3.8) is 0 Å². The second kappa shape index (κ2) is 4.76. The van der Waals surface area contributed by atoms with Gasteiger partial charge >= 0.3 is 0 Å². The molecule has 0 aliphatic rings. The molecule has 2 aromatic carbocycles. The van der Waals surface area contributed by atoms with Gasteiger partial charge in [0, 0.05) is 0 Å². The van der Waals surface area contributed by atoms with Crippen molar-refractivity contribution in [3.8, 4) is 0 Å². The van der Waals surface area contributed by atoms with E-state index in [0.717, 1.165) is 9.52 Å². The molecule has 0 saturated carbocycles. The summed E-state index contributed by atoms with van der Waals surface area (Å²) in [5.74, 6) is 0. The molecule has 0 aromatic heterocycles. The predicted octanol–water partition coefficient (Wildman–Crippen LogP) is 1.98. The van der Waals surface area contributed by atoms with Gasteiger partial charge in [-0.2, -0.15) is 0 Å². The lowest BCUT2D eigenvalue weighted by Gasteiger charge is -2.00. The van der Waals surface area contributed by atoms with Gasteiger partial charge in [-0.05, 0) is 5.56 Å². The molecule has 0 fully saturated rings. The highest BCUT2D eigenvalue weighted by atomic mass is 28.2. The fourth-order valence-corrected chi connectivity index (χ4v) is 2.42. The third-order valence-electron chi connectivity index (χ3n) is 2.21. The minimum absolute atomic E-state index is 0.740. The molecule has 0 aliphatic heterocycles. The molecular formula is C14H12Si. The van der Waals surface area contributed by atoms with Crippen LogP contribution in [0, 0.1) is 0 Å². The Morgan fingerprint density at radius 1 is 0.800 bits per heavy atom. The summed E-state index contributed by atoms with van der Waals surface area (Å²) in [5.41, 5.74) is 1.18. The first-order valence-corrected chi connectivity index (χ1v) is 5.93. The van der Waals surface area contributed by atoms with Crippen molar-refractivity contribution in [2.75, 3.05) is 0 Å². The first-order valence-electron chi connectivity index (χ1n) is 4.93. The summed E-state index contributed by atoms with van der Waals surface area (Å²) < 4.78 is 0. The summed E-state index contributed by atoms with van der Waals surface area (Å²) >= 11 is 0. The molecule has 2 rings (SSSR count). The van der Waals surface area contributed by atoms with E-state index in [1.54, 1.807) is 0 Å². The Morgan fingerprint density at radius 3 is 2.00 bits per heavy atom. The van der Waals surface area contributed by atoms with Crippen LogP contribution in [0.5, 0.6) is 0 Å². The van der Waals surface area contributed by atoms with Gasteiger partial charge in [-0.1, -0.05) is 77.6 Å². The van der Waals surface area contributed by atoms with Crippen molar-refractivity contribution in [1.82, 2.24) is 0 Å². The van der Waals surface area contributed by atoms with Crippen molar-refractivity contribution in [3.05, 3.63) is 66.7 Å². The molecule has 1 heteroatoms. The van der Waals surface area contributed by atoms with Crippen molar-refractivity contribution in [1.29, 1.82) is 0 Å². The molecule has 72 valence electrons. The summed E-state index contributed by atoms with van der Waals surface area (Å²) in [6, 6.07) is 19.1. The highest BCUT2D eigenvalue weighted by molar-refractivity contribution is 6.67. The molecule has 0 atom stereocenters. The fraction of sp³-hybridized carbons (Fsp3) is 0. The maximum atomic E-state index is 3.75. The number of hydrogen-bond donors (Lipinski definition) is 0. The Hall–Kier alpha value is -1.60. The zero-order chi connectivity index (χ0) is 10.5. The van der Waals surface area contributed by atoms with Gasteiger partial charge in [0.25, 0.3) is 0 Å². The molecule has 0 bridgehead atoms. The molecule has 0 aliphatic carbocycles. The van der Waals surface area contributed by atoms with Gasteiger partial charge in [0.15, 0.2) is 0 Å². The Bertz CT molecular complexity index is 429. The molecule has 2 aromatic rings. The van der Waals surface area contributed by atoms with Crippen LogP contribution in [0.25, 0.3) is 6.08 Å². The largest absolute Gasteiger partial charge is 0.121 e. The Kier molecular flexibility index (Phi) is 3.15. The van der Waals surface area contributed by atoms with Gasteiger partial charge in [-0.25, -0.2) is 0 Å². The second-order valence-electron chi connectivity index (χ2n) is 3.32. The van der Waals surface area contributed by atoms with E-state index < -0.39 is 0 Å². The van der Waals surface area contributed by atoms with Crippen molar-refractivity contribution >= 4 is 26.0 Å². The zero-order valence-corrected chi connectivity index (χ0v) is 9.48. The summed E-state index contributed by atoms with van der Waals surface area (Å²) in [6.07, 6.45) is 1.87. The molecule has 2 radical (unpaired) electrons. The van der Waals surface area contributed by atoms with Crippen molar-refractivity contribution < 1.29 is 0 Å². The lowest BCUT2D eigenvalue weighted by atomic mass is 10.2. The van der Waals surface area contributed by atoms with E-state index >= 15 is 0 Å². The Morgan fingerprint density at radius 2 is 1.40 bits per heavy atom. The molecule has 0 heterocycles. The third kappa shape index (κ3) is 2.67. The quantitative estimate of drug-likeness (QED) is 0.677. The van der Waals surface area contributed by atoms with Gasteiger partial charge in [0.1, 0.15) is 9.52 Å². The van der Waals surface area contributed by atoms with E-state index in [9.17, 15) is 0 Å². The summed E-state index contributed by atoms with van der Waals surface area (Å²) in [7, 11) is 0.740. The number of hydrogen-bond acceptors (Lipinski definition) is 0. The van der Waals surface area contributed by atoms with Crippen LogP contribution in [0.1, 0.15) is 5.56 Å². The first-order chi connectivity index (χ1) is 7.38. The Labute approximate surface area is 93.1 Å². The fourth-order valence-electron chi connectivity index (χ4n) is 1.39. The van der Waals surface area contributed by atoms with E-state index in [0.29, 0.717) is 0 Å². The lowest BCUT2D eigenvalue weighted by molar-refractivity contribution is 1.70. The molecule has 0 nitrogen and oxygen atoms in total. The average molecular weight is 208 g/mol. The minimum atomic E-state index is 0.740. The number of benzene rings is 2. The SMILES string of the molecule is C=Cc1ccc([Si]c2ccccc2)cc1. The third-order valence-corrected chi connectivity index (χ3v) is 3.45. The maximum Gasteiger partial charge on any atom is 0.121 e. The lowest BCUT2D eigenvalue weighted by Crippen LogP contribution is -2.26. The molecule has 0 spiro atoms. The van der Waals surface area contributed by atoms with Crippen molar-refractivity contribution in [2.24, 2.45) is 0 Å². The summed E-state index contributed by atoms with van der Waals surface area (Å²) in [5, 5.41) is 2.75. The van der Waals surface area contributed by atoms with Crippen molar-refractivity contribution in [2.45, 2.75) is 0 Å². The molecule has 15 heavy (non-hydrogen) atoms. The first kappa shape index (κ1) is 9.93. The van der Waals surface area contributed by atoms with Gasteiger partial charge in [-0.3, -0.25) is 0 Å². The monoisotopic (exact) mass is 208 g/mol. The normalized spacial score (nSPS) is 9.87. The number of rotatable bonds is 3. The van der Waals surface area contributed by atoms with Gasteiger partial charge in [-0.15, -0.1) is 0 Å². The summed E-state index contributed by atoms with van der Waals surface area (Å²) in [6.45, 7) is 3.75. The van der Waals surface area contributed by atoms with E-state index in [-0.39, 0.29) is 0 Å². The predicted molar refractivity (Wildman–Crippen MR) is 68.0 cm³/mol. The van der Waals surface area contributed by atoms with E-state index in [1.807, 2.05) is 6.08 Å². The van der Waals surface area contributed by atoms with E-state index in [2.05, 4.69) is 61.2 Å². The summed E-state index contributed by atoms with van der Waals surface area (Å²) in [4.78, 5) is 0. The molecule has 0 unspecified atom stereocenters. The van der Waals surface area contributed by atoms with Crippen LogP contribution >= 0.6 is 0 Å². The second-order valence-corrected chi connectivity index (χ2v) is 4.72. The minimum Gasteiger partial charge on any atom is -0.0985 e. The van der Waals surface area contributed by atoms with E-state index in [1.165, 1.54) is 15.9 Å². The van der Waals surface area contributed by atoms with Crippen LogP contribution in [-0.4, -0.2) is 9.52 Å². The average Bonchev–Trinajstić information content (AvgIpc) is 2.31. The van der Waals surface area contributed by atoms with Gasteiger partial charge in [0.2, 0.25) is 0 Å². The van der Waals surface area contributed by atoms with Crippen LogP contribution in [-0.2, 0) is 0 Å². The molecular weight excluding hydrogens is 196 g/mol. The van der Waals surface area contributed by atoms with Crippen LogP contribution in [0.3, 0.4) is 0 Å². The zero-order valence-electron chi connectivity index (χ0n) is 8.48. The van der Waals surface area contributed by atoms with Gasteiger partial charge < -0.3 is 0 Å². The highest BCUT2D eigenvalue weighted by Crippen LogP contribution is 1.97. The maximum absolute atomic E-state index is 3.75. The van der Waals surface area contributed by atoms with Crippen LogP contribution < -0.4 is 10.4 Å². The van der Waals surface area contributed by atoms with Crippen LogP contribution in [0.2, 0.25) is 0 Å². The van der Waals surface area contributed by atoms with Crippen LogP contribution in [0.15, 0.2) is 61.2 Å². The standard InChI is InChI=1S/C14H12Si/c1-2-12-8-10-14(11-9-12)15-13-6-4-3-5-7-13/h2-11H,1H2. The molecule has 0 N–H and O–H groups in total. The Balaban J connectivity index is 2.15. The molecule has 0 amide bonds. The van der Waals surface area contributed by atoms with Gasteiger partial charge in [0.05, 0.1) is 0 Å².